The first-order chi connectivity index (χ1) is 10.4. The van der Waals surface area contributed by atoms with E-state index < -0.39 is 11.1 Å². The quantitative estimate of drug-likeness (QED) is 0.639. The van der Waals surface area contributed by atoms with Crippen molar-refractivity contribution in [3.05, 3.63) is 0 Å². The molecule has 22 heavy (non-hydrogen) atoms. The van der Waals surface area contributed by atoms with E-state index in [1.807, 2.05) is 18.7 Å². The lowest BCUT2D eigenvalue weighted by Gasteiger charge is -2.48. The Balaban J connectivity index is 1.92. The van der Waals surface area contributed by atoms with Gasteiger partial charge < -0.3 is 9.64 Å². The molecular formula is C17H23NO4. The Morgan fingerprint density at radius 2 is 1.95 bits per heavy atom. The zero-order valence-electron chi connectivity index (χ0n) is 13.3. The summed E-state index contributed by atoms with van der Waals surface area (Å²) in [6, 6.07) is 0. The van der Waals surface area contributed by atoms with Gasteiger partial charge >= 0.3 is 5.97 Å². The van der Waals surface area contributed by atoms with E-state index in [1.165, 1.54) is 0 Å². The highest BCUT2D eigenvalue weighted by molar-refractivity contribution is 5.99. The molecule has 0 aromatic carbocycles. The zero-order chi connectivity index (χ0) is 15.7. The van der Waals surface area contributed by atoms with Crippen molar-refractivity contribution in [2.45, 2.75) is 63.5 Å². The normalized spacial score (nSPS) is 47.6. The minimum absolute atomic E-state index is 0.0456. The third-order valence-electron chi connectivity index (χ3n) is 6.88. The zero-order valence-corrected chi connectivity index (χ0v) is 13.3. The van der Waals surface area contributed by atoms with Crippen LogP contribution in [-0.4, -0.2) is 40.2 Å². The van der Waals surface area contributed by atoms with Gasteiger partial charge in [-0.15, -0.1) is 0 Å². The summed E-state index contributed by atoms with van der Waals surface area (Å²) >= 11 is 0. The van der Waals surface area contributed by atoms with Gasteiger partial charge in [0.1, 0.15) is 0 Å². The summed E-state index contributed by atoms with van der Waals surface area (Å²) in [4.78, 5) is 39.7. The molecule has 3 aliphatic heterocycles. The predicted octanol–water partition coefficient (Wildman–Crippen LogP) is 1.69. The molecule has 4 fully saturated rings. The van der Waals surface area contributed by atoms with Crippen LogP contribution in [0.15, 0.2) is 0 Å². The van der Waals surface area contributed by atoms with E-state index in [0.29, 0.717) is 25.8 Å². The van der Waals surface area contributed by atoms with Crippen LogP contribution in [0.3, 0.4) is 0 Å². The predicted molar refractivity (Wildman–Crippen MR) is 77.8 cm³/mol. The fourth-order valence-electron chi connectivity index (χ4n) is 5.71. The van der Waals surface area contributed by atoms with Crippen molar-refractivity contribution in [2.24, 2.45) is 17.8 Å². The molecule has 3 heterocycles. The number of ketones is 1. The molecule has 120 valence electrons. The number of hydrogen-bond donors (Lipinski definition) is 0. The fourth-order valence-corrected chi connectivity index (χ4v) is 5.71. The third kappa shape index (κ3) is 1.34. The van der Waals surface area contributed by atoms with Crippen molar-refractivity contribution < 1.29 is 19.1 Å². The number of carbonyl (C=O) groups excluding carboxylic acids is 3. The van der Waals surface area contributed by atoms with Gasteiger partial charge in [0.2, 0.25) is 5.91 Å². The van der Waals surface area contributed by atoms with E-state index in [1.54, 1.807) is 0 Å². The molecule has 1 amide bonds. The second kappa shape index (κ2) is 4.33. The lowest BCUT2D eigenvalue weighted by Crippen LogP contribution is -2.66. The molecule has 0 aromatic heterocycles. The minimum Gasteiger partial charge on any atom is -0.448 e. The Morgan fingerprint density at radius 1 is 1.18 bits per heavy atom. The van der Waals surface area contributed by atoms with Crippen molar-refractivity contribution in [3.63, 3.8) is 0 Å². The van der Waals surface area contributed by atoms with E-state index in [-0.39, 0.29) is 35.4 Å². The van der Waals surface area contributed by atoms with Crippen molar-refractivity contribution in [1.82, 2.24) is 4.90 Å². The van der Waals surface area contributed by atoms with Crippen LogP contribution >= 0.6 is 0 Å². The Hall–Kier alpha value is -1.39. The summed E-state index contributed by atoms with van der Waals surface area (Å²) in [5.74, 6) is -0.399. The van der Waals surface area contributed by atoms with Gasteiger partial charge in [0, 0.05) is 25.3 Å². The highest BCUT2D eigenvalue weighted by Gasteiger charge is 2.77. The first-order valence-corrected chi connectivity index (χ1v) is 8.52. The molecule has 4 unspecified atom stereocenters. The van der Waals surface area contributed by atoms with Gasteiger partial charge in [0.15, 0.2) is 11.4 Å². The smallest absolute Gasteiger partial charge is 0.310 e. The summed E-state index contributed by atoms with van der Waals surface area (Å²) in [6.07, 6.45) is 4.56. The largest absolute Gasteiger partial charge is 0.448 e. The average molecular weight is 305 g/mol. The SMILES string of the molecule is CC1C(=O)O[C@@]2(C(=O)CC3CCCCN4C(=O)CCC342)C1C. The number of hydrogen-bond acceptors (Lipinski definition) is 4. The van der Waals surface area contributed by atoms with Crippen LogP contribution < -0.4 is 0 Å². The molecule has 5 atom stereocenters. The topological polar surface area (TPSA) is 63.7 Å². The summed E-state index contributed by atoms with van der Waals surface area (Å²) in [5.41, 5.74) is -1.66. The van der Waals surface area contributed by atoms with Gasteiger partial charge in [0.25, 0.3) is 0 Å². The molecule has 0 radical (unpaired) electrons. The minimum atomic E-state index is -1.09. The van der Waals surface area contributed by atoms with E-state index in [4.69, 9.17) is 4.74 Å². The molecule has 3 saturated heterocycles. The monoisotopic (exact) mass is 305 g/mol. The average Bonchev–Trinajstić information content (AvgIpc) is 2.95. The number of carbonyl (C=O) groups is 3. The van der Waals surface area contributed by atoms with Crippen LogP contribution in [0.1, 0.15) is 52.4 Å². The Kier molecular flexibility index (Phi) is 2.80. The molecule has 1 aliphatic carbocycles. The second-order valence-electron chi connectivity index (χ2n) is 7.52. The summed E-state index contributed by atoms with van der Waals surface area (Å²) in [6.45, 7) is 4.50. The van der Waals surface area contributed by atoms with Crippen molar-refractivity contribution in [1.29, 1.82) is 0 Å². The van der Waals surface area contributed by atoms with Gasteiger partial charge in [-0.3, -0.25) is 14.4 Å². The molecule has 5 heteroatoms. The number of amides is 1. The van der Waals surface area contributed by atoms with Gasteiger partial charge in [-0.1, -0.05) is 20.3 Å². The molecule has 0 aromatic rings. The number of Topliss-reactive ketones (excluding diaryl/α,β-unsaturated/α-hetero) is 1. The van der Waals surface area contributed by atoms with Crippen LogP contribution in [0.2, 0.25) is 0 Å². The van der Waals surface area contributed by atoms with Gasteiger partial charge in [0.05, 0.1) is 11.5 Å². The van der Waals surface area contributed by atoms with Crippen LogP contribution in [0.5, 0.6) is 0 Å². The lowest BCUT2D eigenvalue weighted by atomic mass is 9.67. The van der Waals surface area contributed by atoms with E-state index >= 15 is 0 Å². The van der Waals surface area contributed by atoms with Crippen LogP contribution in [0.4, 0.5) is 0 Å². The number of rotatable bonds is 0. The lowest BCUT2D eigenvalue weighted by molar-refractivity contribution is -0.174. The maximum Gasteiger partial charge on any atom is 0.310 e. The van der Waals surface area contributed by atoms with Gasteiger partial charge in [-0.05, 0) is 25.2 Å². The standard InChI is InChI=1S/C17H23NO4/c1-10-11(2)17(22-15(10)21)13(19)9-12-5-3-4-8-18-14(20)6-7-16(12,17)18/h10-12H,3-9H2,1-2H3/t10?,11?,12?,16?,17-/m1/s1. The summed E-state index contributed by atoms with van der Waals surface area (Å²) in [7, 11) is 0. The molecule has 4 aliphatic rings. The third-order valence-corrected chi connectivity index (χ3v) is 6.88. The molecule has 0 N–H and O–H groups in total. The highest BCUT2D eigenvalue weighted by atomic mass is 16.6. The maximum absolute atomic E-state index is 13.0. The van der Waals surface area contributed by atoms with Crippen molar-refractivity contribution in [3.8, 4) is 0 Å². The van der Waals surface area contributed by atoms with E-state index in [9.17, 15) is 14.4 Å². The summed E-state index contributed by atoms with van der Waals surface area (Å²) in [5, 5.41) is 0. The molecule has 0 bridgehead atoms. The summed E-state index contributed by atoms with van der Waals surface area (Å²) < 4.78 is 5.84. The molecule has 5 nitrogen and oxygen atoms in total. The Bertz CT molecular complexity index is 573. The van der Waals surface area contributed by atoms with E-state index in [0.717, 1.165) is 19.3 Å². The number of nitrogens with zero attached hydrogens (tertiary/aromatic N) is 1. The highest BCUT2D eigenvalue weighted by Crippen LogP contribution is 2.61. The van der Waals surface area contributed by atoms with Crippen LogP contribution in [-0.2, 0) is 19.1 Å². The van der Waals surface area contributed by atoms with E-state index in [2.05, 4.69) is 0 Å². The number of esters is 1. The van der Waals surface area contributed by atoms with Crippen LogP contribution in [0, 0.1) is 17.8 Å². The fraction of sp³-hybridized carbons (Fsp3) is 0.824. The second-order valence-corrected chi connectivity index (χ2v) is 7.52. The van der Waals surface area contributed by atoms with Gasteiger partial charge in [-0.25, -0.2) is 0 Å². The van der Waals surface area contributed by atoms with Gasteiger partial charge in [-0.2, -0.15) is 0 Å². The van der Waals surface area contributed by atoms with Crippen molar-refractivity contribution >= 4 is 17.7 Å². The Morgan fingerprint density at radius 3 is 2.64 bits per heavy atom. The first-order valence-electron chi connectivity index (χ1n) is 8.52. The Labute approximate surface area is 130 Å². The first kappa shape index (κ1) is 14.2. The van der Waals surface area contributed by atoms with Crippen molar-refractivity contribution in [2.75, 3.05) is 6.54 Å². The van der Waals surface area contributed by atoms with Crippen LogP contribution in [0.25, 0.3) is 0 Å². The molecular weight excluding hydrogens is 282 g/mol. The number of ether oxygens (including phenoxy) is 1. The maximum atomic E-state index is 13.0. The molecule has 1 saturated carbocycles. The molecule has 2 spiro atoms. The molecule has 4 rings (SSSR count).